The van der Waals surface area contributed by atoms with E-state index >= 15 is 0 Å². The van der Waals surface area contributed by atoms with Crippen LogP contribution in [-0.2, 0) is 19.3 Å². The summed E-state index contributed by atoms with van der Waals surface area (Å²) in [6.07, 6.45) is 2.48. The van der Waals surface area contributed by atoms with Gasteiger partial charge in [0, 0.05) is 0 Å². The van der Waals surface area contributed by atoms with Crippen LogP contribution in [-0.4, -0.2) is 5.11 Å². The molecule has 0 aliphatic heterocycles. The van der Waals surface area contributed by atoms with Crippen LogP contribution in [0.5, 0.6) is 0 Å². The molecule has 0 aliphatic rings. The topological polar surface area (TPSA) is 20.2 Å². The molecule has 0 radical (unpaired) electrons. The van der Waals surface area contributed by atoms with E-state index in [9.17, 15) is 5.11 Å². The Morgan fingerprint density at radius 1 is 0.800 bits per heavy atom. The van der Waals surface area contributed by atoms with E-state index in [1.54, 1.807) is 0 Å². The summed E-state index contributed by atoms with van der Waals surface area (Å²) in [7, 11) is 0. The zero-order chi connectivity index (χ0) is 14.5. The minimum absolute atomic E-state index is 0.526. The van der Waals surface area contributed by atoms with Gasteiger partial charge in [0.05, 0.1) is 0 Å². The highest BCUT2D eigenvalue weighted by Gasteiger charge is 2.14. The van der Waals surface area contributed by atoms with Gasteiger partial charge in [0.2, 0.25) is 0 Å². The van der Waals surface area contributed by atoms with Crippen molar-refractivity contribution in [2.45, 2.75) is 46.1 Å². The predicted octanol–water partition coefficient (Wildman–Crippen LogP) is 4.46. The van der Waals surface area contributed by atoms with Gasteiger partial charge in [0.1, 0.15) is 6.10 Å². The molecule has 2 aromatic rings. The smallest absolute Gasteiger partial charge is 0.104 e. The average Bonchev–Trinajstić information content (AvgIpc) is 2.53. The lowest BCUT2D eigenvalue weighted by Gasteiger charge is -2.17. The molecule has 0 amide bonds. The molecule has 0 saturated carbocycles. The second-order valence-electron chi connectivity index (χ2n) is 5.19. The van der Waals surface area contributed by atoms with Gasteiger partial charge >= 0.3 is 0 Å². The van der Waals surface area contributed by atoms with Crippen molar-refractivity contribution < 1.29 is 5.11 Å². The van der Waals surface area contributed by atoms with Crippen molar-refractivity contribution >= 4 is 0 Å². The second-order valence-corrected chi connectivity index (χ2v) is 5.19. The first-order valence-electron chi connectivity index (χ1n) is 7.58. The van der Waals surface area contributed by atoms with E-state index in [0.717, 1.165) is 30.4 Å². The summed E-state index contributed by atoms with van der Waals surface area (Å²) in [5.74, 6) is 0. The average molecular weight is 268 g/mol. The fourth-order valence-corrected chi connectivity index (χ4v) is 2.79. The quantitative estimate of drug-likeness (QED) is 0.849. The SMILES string of the molecule is CCc1ccc(C(O)c2ccccc2CC)cc1CC. The Labute approximate surface area is 122 Å². The van der Waals surface area contributed by atoms with E-state index < -0.39 is 6.10 Å². The molecule has 106 valence electrons. The molecule has 1 nitrogen and oxygen atoms in total. The summed E-state index contributed by atoms with van der Waals surface area (Å²) >= 11 is 0. The molecule has 2 rings (SSSR count). The number of aliphatic hydroxyl groups excluding tert-OH is 1. The van der Waals surface area contributed by atoms with Crippen molar-refractivity contribution in [2.24, 2.45) is 0 Å². The van der Waals surface area contributed by atoms with E-state index in [2.05, 4.69) is 45.0 Å². The van der Waals surface area contributed by atoms with Crippen LogP contribution in [0.25, 0.3) is 0 Å². The van der Waals surface area contributed by atoms with Crippen molar-refractivity contribution in [1.29, 1.82) is 0 Å². The Balaban J connectivity index is 2.40. The molecule has 0 bridgehead atoms. The standard InChI is InChI=1S/C19H24O/c1-4-14-11-12-17(13-16(14)6-3)19(20)18-10-8-7-9-15(18)5-2/h7-13,19-20H,4-6H2,1-3H3. The van der Waals surface area contributed by atoms with Crippen LogP contribution in [0, 0.1) is 0 Å². The Kier molecular flexibility index (Phi) is 4.97. The van der Waals surface area contributed by atoms with Crippen LogP contribution in [0.15, 0.2) is 42.5 Å². The third kappa shape index (κ3) is 2.94. The van der Waals surface area contributed by atoms with Gasteiger partial charge in [-0.3, -0.25) is 0 Å². The molecule has 1 unspecified atom stereocenters. The summed E-state index contributed by atoms with van der Waals surface area (Å²) < 4.78 is 0. The van der Waals surface area contributed by atoms with Gasteiger partial charge in [-0.1, -0.05) is 63.2 Å². The highest BCUT2D eigenvalue weighted by Crippen LogP contribution is 2.27. The highest BCUT2D eigenvalue weighted by molar-refractivity contribution is 5.40. The van der Waals surface area contributed by atoms with Crippen molar-refractivity contribution in [3.05, 3.63) is 70.3 Å². The lowest BCUT2D eigenvalue weighted by molar-refractivity contribution is 0.219. The van der Waals surface area contributed by atoms with E-state index in [1.807, 2.05) is 18.2 Å². The Hall–Kier alpha value is -1.60. The number of aryl methyl sites for hydroxylation is 3. The van der Waals surface area contributed by atoms with Crippen molar-refractivity contribution in [1.82, 2.24) is 0 Å². The van der Waals surface area contributed by atoms with E-state index in [4.69, 9.17) is 0 Å². The molecule has 0 aliphatic carbocycles. The van der Waals surface area contributed by atoms with Gasteiger partial charge in [-0.25, -0.2) is 0 Å². The maximum atomic E-state index is 10.7. The number of aliphatic hydroxyl groups is 1. The zero-order valence-corrected chi connectivity index (χ0v) is 12.7. The normalized spacial score (nSPS) is 12.4. The number of hydrogen-bond donors (Lipinski definition) is 1. The van der Waals surface area contributed by atoms with Crippen LogP contribution < -0.4 is 0 Å². The zero-order valence-electron chi connectivity index (χ0n) is 12.7. The van der Waals surface area contributed by atoms with Crippen LogP contribution in [0.3, 0.4) is 0 Å². The fraction of sp³-hybridized carbons (Fsp3) is 0.368. The first-order chi connectivity index (χ1) is 9.71. The molecule has 1 atom stereocenters. The summed E-state index contributed by atoms with van der Waals surface area (Å²) in [5.41, 5.74) is 5.98. The fourth-order valence-electron chi connectivity index (χ4n) is 2.79. The van der Waals surface area contributed by atoms with Crippen LogP contribution in [0.2, 0.25) is 0 Å². The molecule has 0 saturated heterocycles. The largest absolute Gasteiger partial charge is 0.384 e. The summed E-state index contributed by atoms with van der Waals surface area (Å²) in [6.45, 7) is 6.48. The summed E-state index contributed by atoms with van der Waals surface area (Å²) in [6, 6.07) is 14.5. The van der Waals surface area contributed by atoms with Gasteiger partial charge < -0.3 is 5.11 Å². The predicted molar refractivity (Wildman–Crippen MR) is 85.1 cm³/mol. The third-order valence-corrected chi connectivity index (χ3v) is 4.04. The molecule has 0 heterocycles. The molecule has 1 heteroatoms. The first kappa shape index (κ1) is 14.8. The molecule has 2 aromatic carbocycles. The molecule has 1 N–H and O–H groups in total. The van der Waals surface area contributed by atoms with E-state index in [-0.39, 0.29) is 0 Å². The maximum absolute atomic E-state index is 10.7. The minimum Gasteiger partial charge on any atom is -0.384 e. The number of benzene rings is 2. The summed E-state index contributed by atoms with van der Waals surface area (Å²) in [4.78, 5) is 0. The molecule has 0 aromatic heterocycles. The van der Waals surface area contributed by atoms with E-state index in [1.165, 1.54) is 16.7 Å². The monoisotopic (exact) mass is 268 g/mol. The molecule has 0 spiro atoms. The van der Waals surface area contributed by atoms with Gasteiger partial charge in [-0.05, 0) is 47.1 Å². The Bertz CT molecular complexity index is 572. The molecular formula is C19H24O. The lowest BCUT2D eigenvalue weighted by atomic mass is 9.92. The van der Waals surface area contributed by atoms with Gasteiger partial charge in [0.15, 0.2) is 0 Å². The van der Waals surface area contributed by atoms with Crippen LogP contribution in [0.4, 0.5) is 0 Å². The maximum Gasteiger partial charge on any atom is 0.104 e. The van der Waals surface area contributed by atoms with Gasteiger partial charge in [-0.15, -0.1) is 0 Å². The first-order valence-corrected chi connectivity index (χ1v) is 7.58. The van der Waals surface area contributed by atoms with Crippen LogP contribution >= 0.6 is 0 Å². The van der Waals surface area contributed by atoms with Crippen molar-refractivity contribution in [3.8, 4) is 0 Å². The third-order valence-electron chi connectivity index (χ3n) is 4.04. The second kappa shape index (κ2) is 6.71. The number of rotatable bonds is 5. The van der Waals surface area contributed by atoms with Crippen molar-refractivity contribution in [3.63, 3.8) is 0 Å². The van der Waals surface area contributed by atoms with Gasteiger partial charge in [0.25, 0.3) is 0 Å². The minimum atomic E-state index is -0.526. The summed E-state index contributed by atoms with van der Waals surface area (Å²) in [5, 5.41) is 10.7. The Morgan fingerprint density at radius 3 is 2.10 bits per heavy atom. The number of hydrogen-bond acceptors (Lipinski definition) is 1. The van der Waals surface area contributed by atoms with Crippen molar-refractivity contribution in [2.75, 3.05) is 0 Å². The van der Waals surface area contributed by atoms with Gasteiger partial charge in [-0.2, -0.15) is 0 Å². The highest BCUT2D eigenvalue weighted by atomic mass is 16.3. The van der Waals surface area contributed by atoms with Crippen LogP contribution in [0.1, 0.15) is 54.7 Å². The lowest BCUT2D eigenvalue weighted by Crippen LogP contribution is -2.05. The van der Waals surface area contributed by atoms with E-state index in [0.29, 0.717) is 0 Å². The Morgan fingerprint density at radius 2 is 1.45 bits per heavy atom. The molecular weight excluding hydrogens is 244 g/mol. The molecule has 0 fully saturated rings. The molecule has 20 heavy (non-hydrogen) atoms.